The molecule has 0 aromatic heterocycles. The topological polar surface area (TPSA) is 58.6 Å². The monoisotopic (exact) mass is 184 g/mol. The number of rotatable bonds is 2. The molecule has 1 rings (SSSR count). The van der Waals surface area contributed by atoms with E-state index in [0.29, 0.717) is 10.7 Å². The molecule has 0 amide bonds. The molecule has 3 nitrogen and oxygen atoms in total. The molecule has 1 aromatic carbocycles. The van der Waals surface area contributed by atoms with Crippen molar-refractivity contribution in [1.29, 1.82) is 0 Å². The zero-order chi connectivity index (χ0) is 8.97. The second-order valence-corrected chi connectivity index (χ2v) is 2.69. The van der Waals surface area contributed by atoms with Gasteiger partial charge in [0.25, 0.3) is 0 Å². The van der Waals surface area contributed by atoms with Crippen molar-refractivity contribution in [3.8, 4) is 0 Å². The molecule has 0 unspecified atom stereocenters. The molecular formula is C8H9ClN2O. The third kappa shape index (κ3) is 1.96. The largest absolute Gasteiger partial charge is 0.411 e. The summed E-state index contributed by atoms with van der Waals surface area (Å²) in [6, 6.07) is 6.95. The third-order valence-corrected chi connectivity index (χ3v) is 1.74. The van der Waals surface area contributed by atoms with Crippen molar-refractivity contribution in [3.63, 3.8) is 0 Å². The second kappa shape index (κ2) is 4.09. The zero-order valence-electron chi connectivity index (χ0n) is 6.37. The molecule has 0 saturated carbocycles. The summed E-state index contributed by atoms with van der Waals surface area (Å²) in [5.74, 6) is 0. The first-order valence-corrected chi connectivity index (χ1v) is 3.82. The summed E-state index contributed by atoms with van der Waals surface area (Å²) in [5, 5.41) is 12.2. The van der Waals surface area contributed by atoms with Gasteiger partial charge in [0.2, 0.25) is 0 Å². The Kier molecular flexibility index (Phi) is 3.08. The van der Waals surface area contributed by atoms with E-state index in [1.807, 2.05) is 0 Å². The predicted octanol–water partition coefficient (Wildman–Crippen LogP) is 1.48. The number of oxime groups is 1. The number of halogens is 1. The van der Waals surface area contributed by atoms with E-state index in [-0.39, 0.29) is 6.54 Å². The van der Waals surface area contributed by atoms with Crippen molar-refractivity contribution >= 4 is 17.3 Å². The van der Waals surface area contributed by atoms with Crippen LogP contribution in [0.2, 0.25) is 5.02 Å². The first kappa shape index (κ1) is 9.03. The molecule has 0 fully saturated rings. The molecule has 64 valence electrons. The molecule has 3 N–H and O–H groups in total. The average molecular weight is 185 g/mol. The van der Waals surface area contributed by atoms with Crippen LogP contribution in [0, 0.1) is 0 Å². The number of benzene rings is 1. The van der Waals surface area contributed by atoms with E-state index in [0.717, 1.165) is 5.56 Å². The van der Waals surface area contributed by atoms with Crippen LogP contribution in [-0.4, -0.2) is 17.5 Å². The minimum Gasteiger partial charge on any atom is -0.411 e. The van der Waals surface area contributed by atoms with Gasteiger partial charge in [0, 0.05) is 17.1 Å². The van der Waals surface area contributed by atoms with E-state index < -0.39 is 0 Å². The lowest BCUT2D eigenvalue weighted by atomic mass is 10.1. The quantitative estimate of drug-likeness (QED) is 0.416. The van der Waals surface area contributed by atoms with Crippen LogP contribution in [0.15, 0.2) is 29.4 Å². The Bertz CT molecular complexity index is 282. The van der Waals surface area contributed by atoms with Gasteiger partial charge < -0.3 is 10.9 Å². The van der Waals surface area contributed by atoms with Crippen molar-refractivity contribution in [2.45, 2.75) is 0 Å². The smallest absolute Gasteiger partial charge is 0.100 e. The predicted molar refractivity (Wildman–Crippen MR) is 48.8 cm³/mol. The lowest BCUT2D eigenvalue weighted by Crippen LogP contribution is -2.14. The van der Waals surface area contributed by atoms with Crippen LogP contribution in [0.25, 0.3) is 0 Å². The summed E-state index contributed by atoms with van der Waals surface area (Å²) in [5.41, 5.74) is 6.56. The van der Waals surface area contributed by atoms with E-state index in [9.17, 15) is 0 Å². The minimum absolute atomic E-state index is 0.206. The van der Waals surface area contributed by atoms with E-state index in [2.05, 4.69) is 5.16 Å². The Morgan fingerprint density at radius 2 is 2.00 bits per heavy atom. The van der Waals surface area contributed by atoms with E-state index in [1.54, 1.807) is 24.3 Å². The van der Waals surface area contributed by atoms with E-state index in [4.69, 9.17) is 22.5 Å². The van der Waals surface area contributed by atoms with Crippen LogP contribution in [0.5, 0.6) is 0 Å². The lowest BCUT2D eigenvalue weighted by Gasteiger charge is -2.00. The van der Waals surface area contributed by atoms with E-state index in [1.165, 1.54) is 0 Å². The first-order chi connectivity index (χ1) is 5.77. The normalized spacial score (nSPS) is 11.7. The summed E-state index contributed by atoms with van der Waals surface area (Å²) in [6.45, 7) is 0.206. The van der Waals surface area contributed by atoms with E-state index >= 15 is 0 Å². The molecular weight excluding hydrogens is 176 g/mol. The van der Waals surface area contributed by atoms with Gasteiger partial charge in [-0.3, -0.25) is 0 Å². The Balaban J connectivity index is 2.96. The highest BCUT2D eigenvalue weighted by molar-refractivity contribution is 6.30. The third-order valence-electron chi connectivity index (χ3n) is 1.49. The van der Waals surface area contributed by atoms with Gasteiger partial charge in [0.1, 0.15) is 5.71 Å². The molecule has 0 saturated heterocycles. The van der Waals surface area contributed by atoms with Gasteiger partial charge in [-0.25, -0.2) is 0 Å². The summed E-state index contributed by atoms with van der Waals surface area (Å²) in [7, 11) is 0. The van der Waals surface area contributed by atoms with Crippen LogP contribution in [0.4, 0.5) is 0 Å². The van der Waals surface area contributed by atoms with Crippen LogP contribution in [0.3, 0.4) is 0 Å². The first-order valence-electron chi connectivity index (χ1n) is 3.45. The SMILES string of the molecule is NC/C(=N\O)c1ccc(Cl)cc1. The van der Waals surface area contributed by atoms with Gasteiger partial charge in [0.05, 0.1) is 0 Å². The second-order valence-electron chi connectivity index (χ2n) is 2.26. The molecule has 0 heterocycles. The Hall–Kier alpha value is -1.06. The summed E-state index contributed by atoms with van der Waals surface area (Å²) in [4.78, 5) is 0. The van der Waals surface area contributed by atoms with Gasteiger partial charge >= 0.3 is 0 Å². The highest BCUT2D eigenvalue weighted by Crippen LogP contribution is 2.09. The lowest BCUT2D eigenvalue weighted by molar-refractivity contribution is 0.318. The molecule has 0 bridgehead atoms. The zero-order valence-corrected chi connectivity index (χ0v) is 7.12. The highest BCUT2D eigenvalue weighted by atomic mass is 35.5. The highest BCUT2D eigenvalue weighted by Gasteiger charge is 2.00. The number of nitrogens with two attached hydrogens (primary N) is 1. The fraction of sp³-hybridized carbons (Fsp3) is 0.125. The van der Waals surface area contributed by atoms with Gasteiger partial charge in [-0.1, -0.05) is 28.9 Å². The maximum Gasteiger partial charge on any atom is 0.100 e. The maximum absolute atomic E-state index is 8.52. The molecule has 12 heavy (non-hydrogen) atoms. The standard InChI is InChI=1S/C8H9ClN2O/c9-7-3-1-6(2-4-7)8(5-10)11-12/h1-4,12H,5,10H2/b11-8+. The number of hydrogen-bond acceptors (Lipinski definition) is 3. The molecule has 4 heteroatoms. The van der Waals surface area contributed by atoms with Gasteiger partial charge in [-0.2, -0.15) is 0 Å². The van der Waals surface area contributed by atoms with Crippen molar-refractivity contribution in [2.24, 2.45) is 10.9 Å². The van der Waals surface area contributed by atoms with Crippen LogP contribution < -0.4 is 5.73 Å². The van der Waals surface area contributed by atoms with Crippen molar-refractivity contribution < 1.29 is 5.21 Å². The molecule has 0 radical (unpaired) electrons. The van der Waals surface area contributed by atoms with Crippen LogP contribution >= 0.6 is 11.6 Å². The van der Waals surface area contributed by atoms with Crippen LogP contribution in [0.1, 0.15) is 5.56 Å². The van der Waals surface area contributed by atoms with Gasteiger partial charge in [-0.15, -0.1) is 0 Å². The summed E-state index contributed by atoms with van der Waals surface area (Å²) < 4.78 is 0. The van der Waals surface area contributed by atoms with Gasteiger partial charge in [-0.05, 0) is 12.1 Å². The van der Waals surface area contributed by atoms with Crippen LogP contribution in [-0.2, 0) is 0 Å². The average Bonchev–Trinajstić information content (AvgIpc) is 2.10. The minimum atomic E-state index is 0.206. The van der Waals surface area contributed by atoms with Crippen molar-refractivity contribution in [2.75, 3.05) is 6.54 Å². The number of nitrogens with zero attached hydrogens (tertiary/aromatic N) is 1. The van der Waals surface area contributed by atoms with Crippen molar-refractivity contribution in [3.05, 3.63) is 34.9 Å². The molecule has 0 aliphatic heterocycles. The molecule has 0 atom stereocenters. The Morgan fingerprint density at radius 3 is 2.42 bits per heavy atom. The van der Waals surface area contributed by atoms with Crippen molar-refractivity contribution in [1.82, 2.24) is 0 Å². The Morgan fingerprint density at radius 1 is 1.42 bits per heavy atom. The van der Waals surface area contributed by atoms with Gasteiger partial charge in [0.15, 0.2) is 0 Å². The summed E-state index contributed by atoms with van der Waals surface area (Å²) >= 11 is 5.67. The fourth-order valence-corrected chi connectivity index (χ4v) is 0.985. The number of hydrogen-bond donors (Lipinski definition) is 2. The molecule has 1 aromatic rings. The molecule has 0 aliphatic rings. The molecule has 0 aliphatic carbocycles. The summed E-state index contributed by atoms with van der Waals surface area (Å²) in [6.07, 6.45) is 0. The fourth-order valence-electron chi connectivity index (χ4n) is 0.859. The maximum atomic E-state index is 8.52. The molecule has 0 spiro atoms. The Labute approximate surface area is 75.4 Å².